The summed E-state index contributed by atoms with van der Waals surface area (Å²) in [5.74, 6) is -0.651. The van der Waals surface area contributed by atoms with Gasteiger partial charge >= 0.3 is 10.4 Å². The molecule has 2 fully saturated rings. The van der Waals surface area contributed by atoms with Crippen LogP contribution in [0.2, 0.25) is 0 Å². The van der Waals surface area contributed by atoms with Gasteiger partial charge in [-0.25, -0.2) is 14.3 Å². The van der Waals surface area contributed by atoms with E-state index in [2.05, 4.69) is 14.1 Å². The predicted molar refractivity (Wildman–Crippen MR) is 92.8 cm³/mol. The fourth-order valence-electron chi connectivity index (χ4n) is 3.45. The molecule has 178 valence electrons. The highest BCUT2D eigenvalue weighted by atomic mass is 32.3. The highest BCUT2D eigenvalue weighted by Crippen LogP contribution is 2.33. The quantitative estimate of drug-likeness (QED) is 0.145. The van der Waals surface area contributed by atoms with Gasteiger partial charge in [0.05, 0.1) is 12.2 Å². The summed E-state index contributed by atoms with van der Waals surface area (Å²) in [5.41, 5.74) is 0. The summed E-state index contributed by atoms with van der Waals surface area (Å²) >= 11 is 0. The van der Waals surface area contributed by atoms with E-state index in [1.54, 1.807) is 13.8 Å². The number of rotatable bonds is 9. The van der Waals surface area contributed by atoms with Gasteiger partial charge in [0.25, 0.3) is 0 Å². The van der Waals surface area contributed by atoms with E-state index in [-0.39, 0.29) is 0 Å². The first-order chi connectivity index (χ1) is 14.0. The topological polar surface area (TPSA) is 200 Å². The lowest BCUT2D eigenvalue weighted by atomic mass is 9.89. The molecular weight excluding hydrogens is 436 g/mol. The lowest BCUT2D eigenvalue weighted by Gasteiger charge is -2.46. The van der Waals surface area contributed by atoms with Gasteiger partial charge < -0.3 is 34.3 Å². The van der Waals surface area contributed by atoms with Crippen LogP contribution in [0.15, 0.2) is 0 Å². The lowest BCUT2D eigenvalue weighted by Crippen LogP contribution is -2.64. The first-order valence-corrected chi connectivity index (χ1v) is 10.5. The Morgan fingerprint density at radius 1 is 0.967 bits per heavy atom. The molecule has 2 saturated heterocycles. The molecule has 0 spiro atoms. The molecule has 0 aromatic carbocycles. The van der Waals surface area contributed by atoms with Crippen LogP contribution < -0.4 is 0 Å². The van der Waals surface area contributed by atoms with Gasteiger partial charge in [-0.1, -0.05) is 18.9 Å². The predicted octanol–water partition coefficient (Wildman–Crippen LogP) is -1.79. The van der Waals surface area contributed by atoms with E-state index in [4.69, 9.17) is 28.8 Å². The molecule has 15 heteroatoms. The van der Waals surface area contributed by atoms with E-state index in [1.807, 2.05) is 0 Å². The third kappa shape index (κ3) is 6.04. The van der Waals surface area contributed by atoms with Gasteiger partial charge in [-0.3, -0.25) is 4.55 Å². The average molecular weight is 464 g/mol. The Morgan fingerprint density at radius 3 is 2.13 bits per heavy atom. The van der Waals surface area contributed by atoms with Crippen molar-refractivity contribution in [3.63, 3.8) is 0 Å². The Bertz CT molecular complexity index is 629. The molecule has 0 radical (unpaired) electrons. The Labute approximate surface area is 173 Å². The molecule has 2 aliphatic heterocycles. The summed E-state index contributed by atoms with van der Waals surface area (Å²) in [4.78, 5) is 4.41. The molecule has 2 aliphatic rings. The van der Waals surface area contributed by atoms with Gasteiger partial charge in [-0.05, 0) is 6.42 Å². The molecule has 0 bridgehead atoms. The molecule has 0 aromatic rings. The highest BCUT2D eigenvalue weighted by molar-refractivity contribution is 7.80. The highest BCUT2D eigenvalue weighted by Gasteiger charge is 2.52. The van der Waals surface area contributed by atoms with Crippen molar-refractivity contribution >= 4 is 10.4 Å². The minimum atomic E-state index is -5.02. The van der Waals surface area contributed by atoms with Gasteiger partial charge in [0.15, 0.2) is 18.7 Å². The molecule has 30 heavy (non-hydrogen) atoms. The normalized spacial score (nSPS) is 42.9. The number of hydrogen-bond donors (Lipinski definition) is 5. The number of hydrogen-bond acceptors (Lipinski definition) is 13. The maximum absolute atomic E-state index is 11.2. The van der Waals surface area contributed by atoms with Crippen molar-refractivity contribution in [2.45, 2.75) is 75.6 Å². The molecule has 4 unspecified atom stereocenters. The second-order valence-corrected chi connectivity index (χ2v) is 8.06. The number of methoxy groups -OCH3 is 1. The number of ether oxygens (including phenoxy) is 4. The second kappa shape index (κ2) is 10.9. The molecule has 0 aromatic heterocycles. The molecule has 10 atom stereocenters. The molecule has 0 saturated carbocycles. The summed E-state index contributed by atoms with van der Waals surface area (Å²) in [5, 5.41) is 43.3. The maximum Gasteiger partial charge on any atom is 0.397 e. The molecule has 14 nitrogen and oxygen atoms in total. The molecule has 2 heterocycles. The van der Waals surface area contributed by atoms with E-state index in [0.29, 0.717) is 6.42 Å². The van der Waals surface area contributed by atoms with Crippen molar-refractivity contribution in [2.24, 2.45) is 5.92 Å². The summed E-state index contributed by atoms with van der Waals surface area (Å²) in [6.07, 6.45) is -11.6. The Kier molecular flexibility index (Phi) is 9.32. The van der Waals surface area contributed by atoms with E-state index < -0.39 is 78.2 Å². The van der Waals surface area contributed by atoms with E-state index in [9.17, 15) is 23.7 Å². The smallest absolute Gasteiger partial charge is 0.390 e. The molecule has 0 amide bonds. The monoisotopic (exact) mass is 464 g/mol. The fourth-order valence-corrected chi connectivity index (χ4v) is 3.94. The van der Waals surface area contributed by atoms with Crippen LogP contribution in [0.1, 0.15) is 20.3 Å². The van der Waals surface area contributed by atoms with Crippen LogP contribution in [-0.4, -0.2) is 103 Å². The Hall–Kier alpha value is -0.530. The van der Waals surface area contributed by atoms with Crippen LogP contribution in [0.3, 0.4) is 0 Å². The summed E-state index contributed by atoms with van der Waals surface area (Å²) < 4.78 is 57.4. The van der Waals surface area contributed by atoms with Crippen molar-refractivity contribution < 1.29 is 66.6 Å². The van der Waals surface area contributed by atoms with Crippen LogP contribution in [0.4, 0.5) is 0 Å². The van der Waals surface area contributed by atoms with Crippen LogP contribution >= 0.6 is 0 Å². The number of aliphatic hydroxyl groups is 3. The van der Waals surface area contributed by atoms with Crippen molar-refractivity contribution in [1.82, 2.24) is 0 Å². The third-order valence-electron chi connectivity index (χ3n) is 5.11. The van der Waals surface area contributed by atoms with Crippen LogP contribution in [0, 0.1) is 5.92 Å². The van der Waals surface area contributed by atoms with E-state index in [0.717, 1.165) is 7.11 Å². The van der Waals surface area contributed by atoms with Gasteiger partial charge in [-0.15, -0.1) is 0 Å². The zero-order valence-electron chi connectivity index (χ0n) is 16.5. The minimum Gasteiger partial charge on any atom is -0.390 e. The standard InChI is InChI=1S/C15H28O14S/c1-4-7-9(16)6(2)10(17)14(25-7)27-12-8(5-24-29-19)26-15(23-3)13(11(12)18)28-30(20,21)22/h6-19H,4-5H2,1-3H3,(H,20,21,22)/t6-,7?,8?,9+,10?,11-,12-,13?,14-,15+/m0/s1. The Balaban J connectivity index is 2.27. The van der Waals surface area contributed by atoms with Crippen molar-refractivity contribution in [2.75, 3.05) is 13.7 Å². The minimum absolute atomic E-state index is 0.396. The second-order valence-electron chi connectivity index (χ2n) is 7.01. The van der Waals surface area contributed by atoms with Crippen LogP contribution in [-0.2, 0) is 43.5 Å². The first-order valence-electron chi connectivity index (χ1n) is 9.16. The molecule has 2 rings (SSSR count). The summed E-state index contributed by atoms with van der Waals surface area (Å²) in [6, 6.07) is 0. The van der Waals surface area contributed by atoms with Gasteiger partial charge in [0.2, 0.25) is 0 Å². The fraction of sp³-hybridized carbons (Fsp3) is 1.00. The van der Waals surface area contributed by atoms with E-state index >= 15 is 0 Å². The first kappa shape index (κ1) is 25.7. The van der Waals surface area contributed by atoms with Crippen molar-refractivity contribution in [1.29, 1.82) is 0 Å². The lowest BCUT2D eigenvalue weighted by molar-refractivity contribution is -0.499. The summed E-state index contributed by atoms with van der Waals surface area (Å²) in [7, 11) is -3.89. The third-order valence-corrected chi connectivity index (χ3v) is 5.57. The molecule has 5 N–H and O–H groups in total. The SMILES string of the molecule is CCC1O[C@@H](O[C@H]2C(COOO)O[C@@H](OC)C(OS(=O)(=O)O)[C@H]2O)C(O)[C@@H](C)[C@H]1O. The van der Waals surface area contributed by atoms with Crippen molar-refractivity contribution in [3.05, 3.63) is 0 Å². The van der Waals surface area contributed by atoms with E-state index in [1.165, 1.54) is 0 Å². The average Bonchev–Trinajstić information content (AvgIpc) is 2.69. The van der Waals surface area contributed by atoms with Crippen LogP contribution in [0.25, 0.3) is 0 Å². The zero-order valence-corrected chi connectivity index (χ0v) is 17.3. The Morgan fingerprint density at radius 2 is 1.60 bits per heavy atom. The molecular formula is C15H28O14S. The van der Waals surface area contributed by atoms with Gasteiger partial charge in [-0.2, -0.15) is 8.42 Å². The van der Waals surface area contributed by atoms with Gasteiger partial charge in [0.1, 0.15) is 31.0 Å². The van der Waals surface area contributed by atoms with Gasteiger partial charge in [0, 0.05) is 13.0 Å². The maximum atomic E-state index is 11.2. The number of aliphatic hydroxyl groups excluding tert-OH is 3. The zero-order chi connectivity index (χ0) is 22.6. The largest absolute Gasteiger partial charge is 0.397 e. The summed E-state index contributed by atoms with van der Waals surface area (Å²) in [6.45, 7) is 2.81. The molecule has 0 aliphatic carbocycles. The van der Waals surface area contributed by atoms with Crippen LogP contribution in [0.5, 0.6) is 0 Å². The van der Waals surface area contributed by atoms with Crippen molar-refractivity contribution in [3.8, 4) is 0 Å².